The second kappa shape index (κ2) is 11.7. The molecule has 0 aliphatic heterocycles. The number of ether oxygens (including phenoxy) is 1. The number of carbonyl (C=O) groups excluding carboxylic acids is 1. The van der Waals surface area contributed by atoms with Crippen molar-refractivity contribution in [2.45, 2.75) is 31.6 Å². The number of aryl methyl sites for hydroxylation is 2. The molecular weight excluding hydrogens is 598 g/mol. The maximum Gasteiger partial charge on any atom is 0.309 e. The van der Waals surface area contributed by atoms with E-state index in [-0.39, 0.29) is 16.5 Å². The van der Waals surface area contributed by atoms with Crippen LogP contribution in [-0.2, 0) is 14.8 Å². The lowest BCUT2D eigenvalue weighted by Gasteiger charge is -2.19. The van der Waals surface area contributed by atoms with E-state index in [1.807, 2.05) is 56.3 Å². The zero-order valence-electron chi connectivity index (χ0n) is 24.1. The lowest BCUT2D eigenvalue weighted by molar-refractivity contribution is -0.132. The van der Waals surface area contributed by atoms with Gasteiger partial charge in [0.2, 0.25) is 5.88 Å². The van der Waals surface area contributed by atoms with Crippen molar-refractivity contribution >= 4 is 44.3 Å². The molecule has 0 fully saturated rings. The molecule has 8 nitrogen and oxygen atoms in total. The Bertz CT molecular complexity index is 2090. The number of nitrogens with one attached hydrogen (secondary N) is 1. The van der Waals surface area contributed by atoms with Crippen molar-refractivity contribution in [3.63, 3.8) is 0 Å². The molecule has 6 aromatic rings. The predicted octanol–water partition coefficient (Wildman–Crippen LogP) is 7.80. The van der Waals surface area contributed by atoms with Crippen molar-refractivity contribution in [1.29, 1.82) is 0 Å². The molecule has 44 heavy (non-hydrogen) atoms. The number of benzene rings is 4. The normalized spacial score (nSPS) is 12.3. The van der Waals surface area contributed by atoms with Gasteiger partial charge >= 0.3 is 5.97 Å². The standard InChI is InChI=1S/C34H28ClN3O5S/c1-21-13-19-27(20-14-21)44(40,41)37-32-28-11-7-8-12-29(28)43-33(32)31(24-9-5-4-6-10-24)30-22(2)36-38(34(30)42-23(3)39)26-17-15-25(35)16-18-26/h4-20,31,37H,1-3H3. The second-order valence-corrected chi connectivity index (χ2v) is 12.5. The molecule has 2 aromatic heterocycles. The van der Waals surface area contributed by atoms with Gasteiger partial charge < -0.3 is 9.15 Å². The van der Waals surface area contributed by atoms with Crippen molar-refractivity contribution in [3.05, 3.63) is 136 Å². The number of rotatable bonds is 8. The third kappa shape index (κ3) is 5.59. The molecular formula is C34H28ClN3O5S. The summed E-state index contributed by atoms with van der Waals surface area (Å²) >= 11 is 6.15. The number of esters is 1. The molecule has 1 atom stereocenters. The van der Waals surface area contributed by atoms with Gasteiger partial charge in [0.1, 0.15) is 11.3 Å². The zero-order valence-corrected chi connectivity index (χ0v) is 25.7. The Labute approximate surface area is 259 Å². The summed E-state index contributed by atoms with van der Waals surface area (Å²) in [6.07, 6.45) is 0. The van der Waals surface area contributed by atoms with E-state index in [1.54, 1.807) is 60.7 Å². The van der Waals surface area contributed by atoms with E-state index in [9.17, 15) is 13.2 Å². The number of aromatic nitrogens is 2. The Kier molecular flexibility index (Phi) is 7.75. The van der Waals surface area contributed by atoms with Crippen LogP contribution >= 0.6 is 11.6 Å². The van der Waals surface area contributed by atoms with Crippen LogP contribution in [0.5, 0.6) is 5.88 Å². The number of hydrogen-bond donors (Lipinski definition) is 1. The van der Waals surface area contributed by atoms with Crippen LogP contribution in [0, 0.1) is 13.8 Å². The smallest absolute Gasteiger partial charge is 0.309 e. The first-order valence-electron chi connectivity index (χ1n) is 13.8. The Morgan fingerprint density at radius 2 is 1.57 bits per heavy atom. The monoisotopic (exact) mass is 625 g/mol. The zero-order chi connectivity index (χ0) is 31.0. The maximum atomic E-state index is 13.7. The van der Waals surface area contributed by atoms with Crippen LogP contribution in [0.4, 0.5) is 5.69 Å². The highest BCUT2D eigenvalue weighted by molar-refractivity contribution is 7.92. The fraction of sp³-hybridized carbons (Fsp3) is 0.118. The van der Waals surface area contributed by atoms with E-state index in [1.165, 1.54) is 11.6 Å². The van der Waals surface area contributed by atoms with Crippen LogP contribution in [0.25, 0.3) is 16.7 Å². The van der Waals surface area contributed by atoms with E-state index in [0.29, 0.717) is 38.7 Å². The van der Waals surface area contributed by atoms with Crippen LogP contribution in [-0.4, -0.2) is 24.2 Å². The molecule has 0 aliphatic rings. The molecule has 0 aliphatic carbocycles. The molecule has 0 bridgehead atoms. The number of para-hydroxylation sites is 1. The summed E-state index contributed by atoms with van der Waals surface area (Å²) in [5, 5.41) is 5.89. The Morgan fingerprint density at radius 3 is 2.25 bits per heavy atom. The third-order valence-corrected chi connectivity index (χ3v) is 8.87. The molecule has 0 spiro atoms. The number of nitrogens with zero attached hydrogens (tertiary/aromatic N) is 2. The predicted molar refractivity (Wildman–Crippen MR) is 170 cm³/mol. The lowest BCUT2D eigenvalue weighted by Crippen LogP contribution is -2.16. The van der Waals surface area contributed by atoms with Crippen LogP contribution in [0.1, 0.15) is 41.0 Å². The van der Waals surface area contributed by atoms with Crippen LogP contribution in [0.15, 0.2) is 112 Å². The Hall–Kier alpha value is -4.86. The summed E-state index contributed by atoms with van der Waals surface area (Å²) in [5.41, 5.74) is 4.19. The van der Waals surface area contributed by atoms with Gasteiger partial charge in [-0.2, -0.15) is 5.10 Å². The quantitative estimate of drug-likeness (QED) is 0.173. The molecule has 6 rings (SSSR count). The molecule has 0 radical (unpaired) electrons. The molecule has 1 unspecified atom stereocenters. The maximum absolute atomic E-state index is 13.7. The van der Waals surface area contributed by atoms with Crippen LogP contribution in [0.2, 0.25) is 5.02 Å². The van der Waals surface area contributed by atoms with Gasteiger partial charge in [0.25, 0.3) is 10.0 Å². The average molecular weight is 626 g/mol. The molecule has 1 N–H and O–H groups in total. The van der Waals surface area contributed by atoms with Crippen molar-refractivity contribution in [2.75, 3.05) is 4.72 Å². The van der Waals surface area contributed by atoms with Crippen molar-refractivity contribution in [2.24, 2.45) is 0 Å². The van der Waals surface area contributed by atoms with Gasteiger partial charge in [0.05, 0.1) is 33.4 Å². The number of furan rings is 1. The van der Waals surface area contributed by atoms with Crippen molar-refractivity contribution in [1.82, 2.24) is 9.78 Å². The van der Waals surface area contributed by atoms with E-state index in [4.69, 9.17) is 25.9 Å². The van der Waals surface area contributed by atoms with Gasteiger partial charge in [-0.1, -0.05) is 71.8 Å². The van der Waals surface area contributed by atoms with E-state index in [0.717, 1.165) is 11.1 Å². The first kappa shape index (κ1) is 29.2. The van der Waals surface area contributed by atoms with E-state index in [2.05, 4.69) is 4.72 Å². The Morgan fingerprint density at radius 1 is 0.909 bits per heavy atom. The number of anilines is 1. The highest BCUT2D eigenvalue weighted by Crippen LogP contribution is 2.46. The summed E-state index contributed by atoms with van der Waals surface area (Å²) in [6.45, 7) is 5.02. The SMILES string of the molecule is CC(=O)Oc1c(C(c2ccccc2)c2oc3ccccc3c2NS(=O)(=O)c2ccc(C)cc2)c(C)nn1-c1ccc(Cl)cc1. The van der Waals surface area contributed by atoms with E-state index < -0.39 is 21.9 Å². The third-order valence-electron chi connectivity index (χ3n) is 7.25. The van der Waals surface area contributed by atoms with Crippen LogP contribution < -0.4 is 9.46 Å². The largest absolute Gasteiger partial charge is 0.458 e. The molecule has 0 saturated carbocycles. The molecule has 10 heteroatoms. The minimum atomic E-state index is -4.02. The van der Waals surface area contributed by atoms with Gasteiger partial charge in [0.15, 0.2) is 0 Å². The minimum Gasteiger partial charge on any atom is -0.458 e. The summed E-state index contributed by atoms with van der Waals surface area (Å²) in [7, 11) is -4.02. The minimum absolute atomic E-state index is 0.114. The highest BCUT2D eigenvalue weighted by atomic mass is 35.5. The van der Waals surface area contributed by atoms with Gasteiger partial charge in [-0.25, -0.2) is 13.1 Å². The molecule has 0 saturated heterocycles. The lowest BCUT2D eigenvalue weighted by atomic mass is 9.88. The Balaban J connectivity index is 1.62. The number of hydrogen-bond acceptors (Lipinski definition) is 6. The second-order valence-electron chi connectivity index (χ2n) is 10.4. The van der Waals surface area contributed by atoms with Gasteiger partial charge in [-0.05, 0) is 67.9 Å². The van der Waals surface area contributed by atoms with Crippen LogP contribution in [0.3, 0.4) is 0 Å². The molecule has 0 amide bonds. The average Bonchev–Trinajstić information content (AvgIpc) is 3.51. The first-order chi connectivity index (χ1) is 21.1. The van der Waals surface area contributed by atoms with Gasteiger partial charge in [-0.15, -0.1) is 0 Å². The summed E-state index contributed by atoms with van der Waals surface area (Å²) < 4.78 is 44.2. The molecule has 2 heterocycles. The number of carbonyl (C=O) groups is 1. The summed E-state index contributed by atoms with van der Waals surface area (Å²) in [4.78, 5) is 12.6. The first-order valence-corrected chi connectivity index (χ1v) is 15.7. The molecule has 4 aromatic carbocycles. The van der Waals surface area contributed by atoms with Crippen molar-refractivity contribution < 1.29 is 22.4 Å². The number of halogens is 1. The van der Waals surface area contributed by atoms with E-state index >= 15 is 0 Å². The van der Waals surface area contributed by atoms with Gasteiger partial charge in [0, 0.05) is 17.3 Å². The molecule has 222 valence electrons. The fourth-order valence-electron chi connectivity index (χ4n) is 5.22. The summed E-state index contributed by atoms with van der Waals surface area (Å²) in [6, 6.07) is 30.3. The number of sulfonamides is 1. The fourth-order valence-corrected chi connectivity index (χ4v) is 6.44. The van der Waals surface area contributed by atoms with Crippen molar-refractivity contribution in [3.8, 4) is 11.6 Å². The number of fused-ring (bicyclic) bond motifs is 1. The topological polar surface area (TPSA) is 103 Å². The van der Waals surface area contributed by atoms with Gasteiger partial charge in [-0.3, -0.25) is 9.52 Å². The highest BCUT2D eigenvalue weighted by Gasteiger charge is 2.35. The summed E-state index contributed by atoms with van der Waals surface area (Å²) in [5.74, 6) is -0.771.